The second-order valence-electron chi connectivity index (χ2n) is 4.98. The summed E-state index contributed by atoms with van der Waals surface area (Å²) in [5.41, 5.74) is 0.573. The normalized spacial score (nSPS) is 10.5. The van der Waals surface area contributed by atoms with Gasteiger partial charge in [-0.2, -0.15) is 0 Å². The zero-order chi connectivity index (χ0) is 18.4. The lowest BCUT2D eigenvalue weighted by atomic mass is 10.3. The number of nitrogens with one attached hydrogen (secondary N) is 2. The standard InChI is InChI=1S/C16H13ClN4O3S2/c17-10-3-1-4-11(7-10)19-14(23)15-20-21-16(26-15)25-9-13(22)18-8-12-5-2-6-24-12/h1-7H,8-9H2,(H,18,22)(H,19,23). The monoisotopic (exact) mass is 408 g/mol. The van der Waals surface area contributed by atoms with Crippen molar-refractivity contribution in [2.75, 3.05) is 11.1 Å². The van der Waals surface area contributed by atoms with Gasteiger partial charge in [0.15, 0.2) is 4.34 Å². The topological polar surface area (TPSA) is 97.1 Å². The van der Waals surface area contributed by atoms with Crippen LogP contribution in [0.5, 0.6) is 0 Å². The van der Waals surface area contributed by atoms with Gasteiger partial charge in [0.1, 0.15) is 5.76 Å². The molecule has 0 aliphatic carbocycles. The highest BCUT2D eigenvalue weighted by atomic mass is 35.5. The van der Waals surface area contributed by atoms with Crippen molar-refractivity contribution < 1.29 is 14.0 Å². The molecular weight excluding hydrogens is 396 g/mol. The van der Waals surface area contributed by atoms with E-state index in [1.165, 1.54) is 11.8 Å². The lowest BCUT2D eigenvalue weighted by molar-refractivity contribution is -0.118. The summed E-state index contributed by atoms with van der Waals surface area (Å²) >= 11 is 8.22. The van der Waals surface area contributed by atoms with Crippen LogP contribution in [0.3, 0.4) is 0 Å². The molecule has 0 atom stereocenters. The third-order valence-electron chi connectivity index (χ3n) is 3.05. The van der Waals surface area contributed by atoms with E-state index in [2.05, 4.69) is 20.8 Å². The Morgan fingerprint density at radius 1 is 1.23 bits per heavy atom. The molecule has 0 fully saturated rings. The van der Waals surface area contributed by atoms with Crippen molar-refractivity contribution in [2.45, 2.75) is 10.9 Å². The number of rotatable bonds is 7. The van der Waals surface area contributed by atoms with E-state index in [0.717, 1.165) is 11.3 Å². The van der Waals surface area contributed by atoms with Crippen LogP contribution in [0.15, 0.2) is 51.4 Å². The first-order valence-corrected chi connectivity index (χ1v) is 9.60. The molecular formula is C16H13ClN4O3S2. The zero-order valence-electron chi connectivity index (χ0n) is 13.3. The molecule has 7 nitrogen and oxygen atoms in total. The second kappa shape index (κ2) is 8.84. The van der Waals surface area contributed by atoms with Crippen LogP contribution in [0.25, 0.3) is 0 Å². The van der Waals surface area contributed by atoms with E-state index >= 15 is 0 Å². The maximum Gasteiger partial charge on any atom is 0.286 e. The summed E-state index contributed by atoms with van der Waals surface area (Å²) in [6, 6.07) is 10.4. The Morgan fingerprint density at radius 2 is 2.12 bits per heavy atom. The van der Waals surface area contributed by atoms with E-state index in [-0.39, 0.29) is 22.6 Å². The van der Waals surface area contributed by atoms with Gasteiger partial charge in [-0.1, -0.05) is 40.8 Å². The quantitative estimate of drug-likeness (QED) is 0.581. The van der Waals surface area contributed by atoms with Crippen LogP contribution in [0.4, 0.5) is 5.69 Å². The number of carbonyl (C=O) groups excluding carboxylic acids is 2. The van der Waals surface area contributed by atoms with E-state index in [0.29, 0.717) is 27.4 Å². The number of halogens is 1. The van der Waals surface area contributed by atoms with Gasteiger partial charge in [-0.25, -0.2) is 0 Å². The van der Waals surface area contributed by atoms with E-state index in [1.54, 1.807) is 42.7 Å². The number of aromatic nitrogens is 2. The Bertz CT molecular complexity index is 899. The Hall–Kier alpha value is -2.36. The molecule has 0 saturated carbocycles. The van der Waals surface area contributed by atoms with E-state index in [1.807, 2.05) is 0 Å². The molecule has 0 aliphatic heterocycles. The molecule has 2 N–H and O–H groups in total. The van der Waals surface area contributed by atoms with Crippen molar-refractivity contribution in [3.63, 3.8) is 0 Å². The molecule has 2 amide bonds. The molecule has 0 saturated heterocycles. The number of hydrogen-bond acceptors (Lipinski definition) is 7. The SMILES string of the molecule is O=C(CSc1nnc(C(=O)Nc2cccc(Cl)c2)s1)NCc1ccco1. The first kappa shape index (κ1) is 18.4. The van der Waals surface area contributed by atoms with Crippen LogP contribution < -0.4 is 10.6 Å². The minimum atomic E-state index is -0.376. The predicted octanol–water partition coefficient (Wildman–Crippen LogP) is 3.45. The minimum absolute atomic E-state index is 0.161. The minimum Gasteiger partial charge on any atom is -0.467 e. The Morgan fingerprint density at radius 3 is 2.88 bits per heavy atom. The Balaban J connectivity index is 1.48. The highest BCUT2D eigenvalue weighted by Crippen LogP contribution is 2.23. The van der Waals surface area contributed by atoms with Gasteiger partial charge in [-0.3, -0.25) is 9.59 Å². The van der Waals surface area contributed by atoms with Crippen LogP contribution >= 0.6 is 34.7 Å². The average Bonchev–Trinajstić information content (AvgIpc) is 3.30. The Kier molecular flexibility index (Phi) is 6.26. The molecule has 10 heteroatoms. The van der Waals surface area contributed by atoms with Crippen molar-refractivity contribution in [3.05, 3.63) is 58.5 Å². The second-order valence-corrected chi connectivity index (χ2v) is 7.62. The number of anilines is 1. The third-order valence-corrected chi connectivity index (χ3v) is 5.34. The summed E-state index contributed by atoms with van der Waals surface area (Å²) in [5, 5.41) is 13.9. The van der Waals surface area contributed by atoms with Gasteiger partial charge in [0.05, 0.1) is 18.6 Å². The number of furan rings is 1. The lowest BCUT2D eigenvalue weighted by Crippen LogP contribution is -2.24. The summed E-state index contributed by atoms with van der Waals surface area (Å²) in [6.07, 6.45) is 1.55. The van der Waals surface area contributed by atoms with Crippen molar-refractivity contribution in [1.29, 1.82) is 0 Å². The van der Waals surface area contributed by atoms with E-state index in [9.17, 15) is 9.59 Å². The van der Waals surface area contributed by atoms with Gasteiger partial charge in [0.2, 0.25) is 10.9 Å². The van der Waals surface area contributed by atoms with Crippen molar-refractivity contribution in [1.82, 2.24) is 15.5 Å². The summed E-state index contributed by atoms with van der Waals surface area (Å²) in [4.78, 5) is 24.0. The van der Waals surface area contributed by atoms with Crippen molar-refractivity contribution >= 4 is 52.2 Å². The summed E-state index contributed by atoms with van der Waals surface area (Å²) in [7, 11) is 0. The zero-order valence-corrected chi connectivity index (χ0v) is 15.7. The van der Waals surface area contributed by atoms with E-state index in [4.69, 9.17) is 16.0 Å². The molecule has 1 aromatic carbocycles. The van der Waals surface area contributed by atoms with Gasteiger partial charge in [-0.15, -0.1) is 10.2 Å². The Labute approximate surface area is 162 Å². The highest BCUT2D eigenvalue weighted by molar-refractivity contribution is 8.01. The summed E-state index contributed by atoms with van der Waals surface area (Å²) in [6.45, 7) is 0.329. The third kappa shape index (κ3) is 5.32. The molecule has 0 aliphatic rings. The van der Waals surface area contributed by atoms with Crippen molar-refractivity contribution in [3.8, 4) is 0 Å². The largest absolute Gasteiger partial charge is 0.467 e. The van der Waals surface area contributed by atoms with Crippen LogP contribution in [0.1, 0.15) is 15.6 Å². The van der Waals surface area contributed by atoms with Crippen LogP contribution in [0.2, 0.25) is 5.02 Å². The fourth-order valence-electron chi connectivity index (χ4n) is 1.89. The first-order chi connectivity index (χ1) is 12.6. The average molecular weight is 409 g/mol. The molecule has 2 aromatic heterocycles. The molecule has 2 heterocycles. The van der Waals surface area contributed by atoms with Crippen LogP contribution in [-0.4, -0.2) is 27.8 Å². The van der Waals surface area contributed by atoms with Crippen LogP contribution in [0, 0.1) is 0 Å². The smallest absolute Gasteiger partial charge is 0.286 e. The molecule has 0 spiro atoms. The number of amides is 2. The van der Waals surface area contributed by atoms with Gasteiger partial charge < -0.3 is 15.1 Å². The first-order valence-electron chi connectivity index (χ1n) is 7.42. The number of thioether (sulfide) groups is 1. The molecule has 0 unspecified atom stereocenters. The maximum absolute atomic E-state index is 12.2. The lowest BCUT2D eigenvalue weighted by Gasteiger charge is -2.02. The number of benzene rings is 1. The predicted molar refractivity (Wildman–Crippen MR) is 101 cm³/mol. The summed E-state index contributed by atoms with van der Waals surface area (Å²) < 4.78 is 5.67. The fourth-order valence-corrected chi connectivity index (χ4v) is 3.66. The van der Waals surface area contributed by atoms with Gasteiger partial charge in [0, 0.05) is 10.7 Å². The fraction of sp³-hybridized carbons (Fsp3) is 0.125. The molecule has 0 bridgehead atoms. The molecule has 0 radical (unpaired) electrons. The molecule has 134 valence electrons. The van der Waals surface area contributed by atoms with E-state index < -0.39 is 0 Å². The molecule has 3 rings (SSSR count). The van der Waals surface area contributed by atoms with Crippen LogP contribution in [-0.2, 0) is 11.3 Å². The maximum atomic E-state index is 12.2. The molecule has 3 aromatic rings. The van der Waals surface area contributed by atoms with Crippen molar-refractivity contribution in [2.24, 2.45) is 0 Å². The number of carbonyl (C=O) groups is 2. The van der Waals surface area contributed by atoms with Gasteiger partial charge in [-0.05, 0) is 30.3 Å². The highest BCUT2D eigenvalue weighted by Gasteiger charge is 2.14. The number of nitrogens with zero attached hydrogens (tertiary/aromatic N) is 2. The molecule has 26 heavy (non-hydrogen) atoms. The van der Waals surface area contributed by atoms with Gasteiger partial charge in [0.25, 0.3) is 5.91 Å². The van der Waals surface area contributed by atoms with Gasteiger partial charge >= 0.3 is 0 Å². The number of hydrogen-bond donors (Lipinski definition) is 2. The summed E-state index contributed by atoms with van der Waals surface area (Å²) in [5.74, 6) is 0.315.